The van der Waals surface area contributed by atoms with Crippen LogP contribution in [-0.4, -0.2) is 32.9 Å². The van der Waals surface area contributed by atoms with Crippen LogP contribution in [0.2, 0.25) is 5.02 Å². The number of rotatable bonds is 7. The van der Waals surface area contributed by atoms with Gasteiger partial charge in [0, 0.05) is 18.6 Å². The third-order valence-electron chi connectivity index (χ3n) is 3.23. The highest BCUT2D eigenvalue weighted by atomic mass is 35.5. The van der Waals surface area contributed by atoms with Crippen molar-refractivity contribution < 1.29 is 17.5 Å². The van der Waals surface area contributed by atoms with E-state index in [2.05, 4.69) is 0 Å². The summed E-state index contributed by atoms with van der Waals surface area (Å²) < 4.78 is 44.0. The van der Waals surface area contributed by atoms with Crippen LogP contribution in [0.5, 0.6) is 5.75 Å². The van der Waals surface area contributed by atoms with Crippen LogP contribution in [0.15, 0.2) is 48.5 Å². The largest absolute Gasteiger partial charge is 0.492 e. The molecule has 2 rings (SSSR count). The lowest BCUT2D eigenvalue weighted by molar-refractivity contribution is 0.287. The van der Waals surface area contributed by atoms with Crippen molar-refractivity contribution in [1.82, 2.24) is 4.31 Å². The molecule has 0 N–H and O–H groups in total. The number of benzene rings is 2. The second kappa shape index (κ2) is 7.77. The standard InChI is InChI=1S/C16H17ClFNO3S/c1-19(10-11-22-16-8-4-14(17)5-9-16)23(20,21)12-13-2-6-15(18)7-3-13/h2-9H,10-12H2,1H3. The van der Waals surface area contributed by atoms with Crippen LogP contribution in [0.3, 0.4) is 0 Å². The molecular formula is C16H17ClFNO3S. The minimum atomic E-state index is -3.48. The summed E-state index contributed by atoms with van der Waals surface area (Å²) >= 11 is 5.78. The molecule has 0 aromatic heterocycles. The topological polar surface area (TPSA) is 46.6 Å². The van der Waals surface area contributed by atoms with E-state index in [0.29, 0.717) is 16.3 Å². The molecule has 0 atom stereocenters. The van der Waals surface area contributed by atoms with Crippen LogP contribution < -0.4 is 4.74 Å². The molecule has 0 radical (unpaired) electrons. The molecule has 0 aliphatic carbocycles. The van der Waals surface area contributed by atoms with Crippen LogP contribution in [0, 0.1) is 5.82 Å². The van der Waals surface area contributed by atoms with E-state index in [1.54, 1.807) is 24.3 Å². The predicted octanol–water partition coefficient (Wildman–Crippen LogP) is 3.32. The fourth-order valence-corrected chi connectivity index (χ4v) is 3.18. The van der Waals surface area contributed by atoms with E-state index in [0.717, 1.165) is 0 Å². The Bertz CT molecular complexity index is 733. The number of halogens is 2. The van der Waals surface area contributed by atoms with Gasteiger partial charge in [0.15, 0.2) is 0 Å². The summed E-state index contributed by atoms with van der Waals surface area (Å²) in [5.74, 6) is 0.0552. The normalized spacial score (nSPS) is 11.7. The van der Waals surface area contributed by atoms with Gasteiger partial charge in [-0.15, -0.1) is 0 Å². The van der Waals surface area contributed by atoms with Gasteiger partial charge >= 0.3 is 0 Å². The average Bonchev–Trinajstić information content (AvgIpc) is 2.51. The lowest BCUT2D eigenvalue weighted by atomic mass is 10.2. The van der Waals surface area contributed by atoms with Crippen molar-refractivity contribution in [3.63, 3.8) is 0 Å². The first kappa shape index (κ1) is 17.7. The molecule has 0 saturated carbocycles. The lowest BCUT2D eigenvalue weighted by Crippen LogP contribution is -2.32. The maximum atomic E-state index is 12.8. The SMILES string of the molecule is CN(CCOc1ccc(Cl)cc1)S(=O)(=O)Cc1ccc(F)cc1. The molecule has 2 aromatic rings. The van der Waals surface area contributed by atoms with Gasteiger partial charge in [0.25, 0.3) is 0 Å². The zero-order valence-electron chi connectivity index (χ0n) is 12.6. The number of sulfonamides is 1. The average molecular weight is 358 g/mol. The molecule has 7 heteroatoms. The maximum absolute atomic E-state index is 12.8. The quantitative estimate of drug-likeness (QED) is 0.763. The molecule has 0 saturated heterocycles. The summed E-state index contributed by atoms with van der Waals surface area (Å²) in [6.07, 6.45) is 0. The second-order valence-electron chi connectivity index (χ2n) is 5.01. The van der Waals surface area contributed by atoms with E-state index in [1.165, 1.54) is 35.6 Å². The Labute approximate surface area is 140 Å². The van der Waals surface area contributed by atoms with Crippen molar-refractivity contribution in [3.8, 4) is 5.75 Å². The van der Waals surface area contributed by atoms with Gasteiger partial charge in [-0.2, -0.15) is 0 Å². The summed E-state index contributed by atoms with van der Waals surface area (Å²) in [4.78, 5) is 0. The molecule has 0 unspecified atom stereocenters. The van der Waals surface area contributed by atoms with E-state index < -0.39 is 15.8 Å². The lowest BCUT2D eigenvalue weighted by Gasteiger charge is -2.17. The molecule has 23 heavy (non-hydrogen) atoms. The van der Waals surface area contributed by atoms with Gasteiger partial charge in [0.05, 0.1) is 5.75 Å². The smallest absolute Gasteiger partial charge is 0.218 e. The summed E-state index contributed by atoms with van der Waals surface area (Å²) in [5.41, 5.74) is 0.539. The number of hydrogen-bond acceptors (Lipinski definition) is 3. The highest BCUT2D eigenvalue weighted by Crippen LogP contribution is 2.16. The van der Waals surface area contributed by atoms with Crippen LogP contribution in [-0.2, 0) is 15.8 Å². The summed E-state index contributed by atoms with van der Waals surface area (Å²) in [6, 6.07) is 12.3. The minimum Gasteiger partial charge on any atom is -0.492 e. The third-order valence-corrected chi connectivity index (χ3v) is 5.31. The molecule has 0 aliphatic heterocycles. The van der Waals surface area contributed by atoms with Crippen LogP contribution in [0.25, 0.3) is 0 Å². The fraction of sp³-hybridized carbons (Fsp3) is 0.250. The summed E-state index contributed by atoms with van der Waals surface area (Å²) in [6.45, 7) is 0.437. The maximum Gasteiger partial charge on any atom is 0.218 e. The van der Waals surface area contributed by atoms with Crippen molar-refractivity contribution in [3.05, 3.63) is 64.9 Å². The molecule has 0 bridgehead atoms. The number of hydrogen-bond donors (Lipinski definition) is 0. The Kier molecular flexibility index (Phi) is 5.98. The Morgan fingerprint density at radius 3 is 2.30 bits per heavy atom. The molecule has 0 heterocycles. The van der Waals surface area contributed by atoms with E-state index in [-0.39, 0.29) is 18.9 Å². The molecular weight excluding hydrogens is 341 g/mol. The molecule has 0 fully saturated rings. The zero-order valence-corrected chi connectivity index (χ0v) is 14.1. The Hall–Kier alpha value is -1.63. The van der Waals surface area contributed by atoms with Crippen LogP contribution >= 0.6 is 11.6 Å². The van der Waals surface area contributed by atoms with Crippen LogP contribution in [0.1, 0.15) is 5.56 Å². The van der Waals surface area contributed by atoms with Gasteiger partial charge in [-0.1, -0.05) is 23.7 Å². The van der Waals surface area contributed by atoms with Crippen molar-refractivity contribution >= 4 is 21.6 Å². The third kappa shape index (κ3) is 5.49. The first-order chi connectivity index (χ1) is 10.9. The molecule has 124 valence electrons. The Morgan fingerprint density at radius 1 is 1.09 bits per heavy atom. The van der Waals surface area contributed by atoms with E-state index in [9.17, 15) is 12.8 Å². The Morgan fingerprint density at radius 2 is 1.70 bits per heavy atom. The first-order valence-corrected chi connectivity index (χ1v) is 8.92. The van der Waals surface area contributed by atoms with E-state index in [4.69, 9.17) is 16.3 Å². The molecule has 4 nitrogen and oxygen atoms in total. The van der Waals surface area contributed by atoms with Gasteiger partial charge in [0.1, 0.15) is 18.2 Å². The first-order valence-electron chi connectivity index (χ1n) is 6.94. The van der Waals surface area contributed by atoms with Gasteiger partial charge < -0.3 is 4.74 Å². The van der Waals surface area contributed by atoms with Gasteiger partial charge in [-0.05, 0) is 42.0 Å². The molecule has 2 aromatic carbocycles. The number of likely N-dealkylation sites (N-methyl/N-ethyl adjacent to an activating group) is 1. The fourth-order valence-electron chi connectivity index (χ4n) is 1.86. The number of ether oxygens (including phenoxy) is 1. The Balaban J connectivity index is 1.87. The molecule has 0 amide bonds. The predicted molar refractivity (Wildman–Crippen MR) is 88.6 cm³/mol. The minimum absolute atomic E-state index is 0.176. The van der Waals surface area contributed by atoms with E-state index >= 15 is 0 Å². The number of nitrogens with zero attached hydrogens (tertiary/aromatic N) is 1. The second-order valence-corrected chi connectivity index (χ2v) is 7.52. The zero-order chi connectivity index (χ0) is 16.9. The van der Waals surface area contributed by atoms with Crippen molar-refractivity contribution in [2.75, 3.05) is 20.2 Å². The summed E-state index contributed by atoms with van der Waals surface area (Å²) in [7, 11) is -1.99. The highest BCUT2D eigenvalue weighted by molar-refractivity contribution is 7.88. The van der Waals surface area contributed by atoms with Gasteiger partial charge in [-0.25, -0.2) is 17.1 Å². The van der Waals surface area contributed by atoms with Crippen molar-refractivity contribution in [1.29, 1.82) is 0 Å². The molecule has 0 spiro atoms. The van der Waals surface area contributed by atoms with Crippen molar-refractivity contribution in [2.45, 2.75) is 5.75 Å². The molecule has 0 aliphatic rings. The highest BCUT2D eigenvalue weighted by Gasteiger charge is 2.18. The van der Waals surface area contributed by atoms with E-state index in [1.807, 2.05) is 0 Å². The van der Waals surface area contributed by atoms with Crippen molar-refractivity contribution in [2.24, 2.45) is 0 Å². The van der Waals surface area contributed by atoms with Gasteiger partial charge in [-0.3, -0.25) is 0 Å². The monoisotopic (exact) mass is 357 g/mol. The van der Waals surface area contributed by atoms with Gasteiger partial charge in [0.2, 0.25) is 10.0 Å². The van der Waals surface area contributed by atoms with Crippen LogP contribution in [0.4, 0.5) is 4.39 Å². The summed E-state index contributed by atoms with van der Waals surface area (Å²) in [5, 5.41) is 0.608.